The number of benzene rings is 1. The molecular formula is C16H21NO. The molecule has 1 aromatic heterocycles. The van der Waals surface area contributed by atoms with E-state index in [1.54, 1.807) is 6.20 Å². The van der Waals surface area contributed by atoms with Crippen LogP contribution in [0.3, 0.4) is 0 Å². The Hall–Kier alpha value is -1.41. The number of rotatable bonds is 5. The number of pyridine rings is 1. The van der Waals surface area contributed by atoms with Crippen molar-refractivity contribution in [2.45, 2.75) is 39.2 Å². The zero-order valence-electron chi connectivity index (χ0n) is 11.1. The highest BCUT2D eigenvalue weighted by atomic mass is 16.3. The average Bonchev–Trinajstić information content (AvgIpc) is 2.37. The van der Waals surface area contributed by atoms with Crippen molar-refractivity contribution in [1.29, 1.82) is 0 Å². The van der Waals surface area contributed by atoms with Crippen LogP contribution >= 0.6 is 0 Å². The first-order valence-electron chi connectivity index (χ1n) is 6.70. The molecule has 0 radical (unpaired) electrons. The lowest BCUT2D eigenvalue weighted by atomic mass is 9.98. The molecule has 0 amide bonds. The minimum Gasteiger partial charge on any atom is -0.388 e. The van der Waals surface area contributed by atoms with Crippen LogP contribution in [0.4, 0.5) is 0 Å². The molecule has 18 heavy (non-hydrogen) atoms. The number of fused-ring (bicyclic) bond motifs is 1. The van der Waals surface area contributed by atoms with Crippen LogP contribution in [-0.4, -0.2) is 10.1 Å². The van der Waals surface area contributed by atoms with Gasteiger partial charge in [-0.15, -0.1) is 0 Å². The minimum absolute atomic E-state index is 0.401. The summed E-state index contributed by atoms with van der Waals surface area (Å²) in [5, 5.41) is 11.4. The fraction of sp³-hybridized carbons (Fsp3) is 0.438. The third-order valence-electron chi connectivity index (χ3n) is 3.28. The van der Waals surface area contributed by atoms with Crippen molar-refractivity contribution in [2.24, 2.45) is 5.92 Å². The van der Waals surface area contributed by atoms with Gasteiger partial charge in [-0.3, -0.25) is 4.98 Å². The second-order valence-electron chi connectivity index (χ2n) is 5.26. The Morgan fingerprint density at radius 1 is 1.11 bits per heavy atom. The number of nitrogens with zero attached hydrogens (tertiary/aromatic N) is 1. The van der Waals surface area contributed by atoms with E-state index < -0.39 is 6.10 Å². The summed E-state index contributed by atoms with van der Waals surface area (Å²) in [6, 6.07) is 9.97. The van der Waals surface area contributed by atoms with Gasteiger partial charge in [-0.05, 0) is 18.4 Å². The van der Waals surface area contributed by atoms with Crippen molar-refractivity contribution in [1.82, 2.24) is 4.98 Å². The first kappa shape index (κ1) is 13.0. The van der Waals surface area contributed by atoms with Gasteiger partial charge in [-0.25, -0.2) is 0 Å². The molecule has 0 saturated heterocycles. The highest BCUT2D eigenvalue weighted by molar-refractivity contribution is 5.81. The molecule has 0 saturated carbocycles. The third kappa shape index (κ3) is 3.08. The number of aliphatic hydroxyl groups excluding tert-OH is 1. The minimum atomic E-state index is -0.401. The normalized spacial score (nSPS) is 13.1. The van der Waals surface area contributed by atoms with Gasteiger partial charge in [0.15, 0.2) is 0 Å². The van der Waals surface area contributed by atoms with Gasteiger partial charge in [0.1, 0.15) is 0 Å². The van der Waals surface area contributed by atoms with Crippen molar-refractivity contribution < 1.29 is 5.11 Å². The maximum Gasteiger partial charge on any atom is 0.0811 e. The summed E-state index contributed by atoms with van der Waals surface area (Å²) < 4.78 is 0. The van der Waals surface area contributed by atoms with Gasteiger partial charge in [0.25, 0.3) is 0 Å². The van der Waals surface area contributed by atoms with E-state index >= 15 is 0 Å². The van der Waals surface area contributed by atoms with Crippen molar-refractivity contribution in [3.63, 3.8) is 0 Å². The van der Waals surface area contributed by atoms with Gasteiger partial charge >= 0.3 is 0 Å². The Bertz CT molecular complexity index is 502. The summed E-state index contributed by atoms with van der Waals surface area (Å²) in [4.78, 5) is 4.39. The van der Waals surface area contributed by atoms with E-state index in [1.807, 2.05) is 30.3 Å². The second-order valence-corrected chi connectivity index (χ2v) is 5.26. The van der Waals surface area contributed by atoms with Crippen LogP contribution in [0.15, 0.2) is 36.5 Å². The van der Waals surface area contributed by atoms with Gasteiger partial charge in [0.2, 0.25) is 0 Å². The summed E-state index contributed by atoms with van der Waals surface area (Å²) in [6.07, 6.45) is 4.42. The fourth-order valence-electron chi connectivity index (χ4n) is 2.27. The average molecular weight is 243 g/mol. The molecule has 2 rings (SSSR count). The first-order chi connectivity index (χ1) is 8.68. The quantitative estimate of drug-likeness (QED) is 0.857. The van der Waals surface area contributed by atoms with Crippen molar-refractivity contribution in [2.75, 3.05) is 0 Å². The third-order valence-corrected chi connectivity index (χ3v) is 3.28. The zero-order chi connectivity index (χ0) is 13.0. The molecule has 2 aromatic rings. The summed E-state index contributed by atoms with van der Waals surface area (Å²) in [5.41, 5.74) is 1.88. The molecule has 1 unspecified atom stereocenters. The van der Waals surface area contributed by atoms with Gasteiger partial charge < -0.3 is 5.11 Å². The summed E-state index contributed by atoms with van der Waals surface area (Å²) >= 11 is 0. The molecule has 0 bridgehead atoms. The summed E-state index contributed by atoms with van der Waals surface area (Å²) in [7, 11) is 0. The smallest absolute Gasteiger partial charge is 0.0811 e. The lowest BCUT2D eigenvalue weighted by Crippen LogP contribution is -2.00. The van der Waals surface area contributed by atoms with Gasteiger partial charge in [-0.1, -0.05) is 51.0 Å². The van der Waals surface area contributed by atoms with Crippen molar-refractivity contribution in [3.8, 4) is 0 Å². The van der Waals surface area contributed by atoms with Gasteiger partial charge in [0.05, 0.1) is 11.6 Å². The molecule has 96 valence electrons. The Morgan fingerprint density at radius 3 is 2.67 bits per heavy atom. The molecular weight excluding hydrogens is 222 g/mol. The van der Waals surface area contributed by atoms with Crippen LogP contribution in [0.25, 0.3) is 10.9 Å². The maximum absolute atomic E-state index is 10.3. The number of hydrogen-bond acceptors (Lipinski definition) is 2. The molecule has 1 heterocycles. The van der Waals surface area contributed by atoms with Gasteiger partial charge in [0, 0.05) is 17.1 Å². The monoisotopic (exact) mass is 243 g/mol. The molecule has 0 fully saturated rings. The van der Waals surface area contributed by atoms with Gasteiger partial charge in [-0.2, -0.15) is 0 Å². The van der Waals surface area contributed by atoms with Crippen LogP contribution in [0.2, 0.25) is 0 Å². The van der Waals surface area contributed by atoms with Crippen molar-refractivity contribution >= 4 is 10.9 Å². The zero-order valence-corrected chi connectivity index (χ0v) is 11.1. The van der Waals surface area contributed by atoms with E-state index in [1.165, 1.54) is 0 Å². The molecule has 0 aliphatic carbocycles. The van der Waals surface area contributed by atoms with Crippen LogP contribution < -0.4 is 0 Å². The highest BCUT2D eigenvalue weighted by Crippen LogP contribution is 2.26. The number of para-hydroxylation sites is 1. The predicted molar refractivity (Wildman–Crippen MR) is 75.4 cm³/mol. The molecule has 1 aromatic carbocycles. The Balaban J connectivity index is 2.15. The number of aliphatic hydroxyl groups is 1. The lowest BCUT2D eigenvalue weighted by molar-refractivity contribution is 0.163. The molecule has 0 aliphatic heterocycles. The van der Waals surface area contributed by atoms with Crippen molar-refractivity contribution in [3.05, 3.63) is 42.1 Å². The predicted octanol–water partition coefficient (Wildman–Crippen LogP) is 4.09. The van der Waals surface area contributed by atoms with E-state index in [-0.39, 0.29) is 0 Å². The molecule has 0 aliphatic rings. The molecule has 1 atom stereocenters. The summed E-state index contributed by atoms with van der Waals surface area (Å²) in [6.45, 7) is 4.43. The maximum atomic E-state index is 10.3. The topological polar surface area (TPSA) is 33.1 Å². The Kier molecular flexibility index (Phi) is 4.32. The lowest BCUT2D eigenvalue weighted by Gasteiger charge is -2.13. The number of aromatic nitrogens is 1. The first-order valence-corrected chi connectivity index (χ1v) is 6.70. The largest absolute Gasteiger partial charge is 0.388 e. The summed E-state index contributed by atoms with van der Waals surface area (Å²) in [5.74, 6) is 0.697. The van der Waals surface area contributed by atoms with Crippen LogP contribution in [0.1, 0.15) is 44.8 Å². The highest BCUT2D eigenvalue weighted by Gasteiger charge is 2.11. The standard InChI is InChI=1S/C16H21NO/c1-12(2)6-3-10-15(18)14-9-4-7-13-8-5-11-17-16(13)14/h4-5,7-9,11-12,15,18H,3,6,10H2,1-2H3. The van der Waals surface area contributed by atoms with E-state index in [4.69, 9.17) is 0 Å². The fourth-order valence-corrected chi connectivity index (χ4v) is 2.27. The van der Waals surface area contributed by atoms with E-state index in [0.29, 0.717) is 5.92 Å². The van der Waals surface area contributed by atoms with E-state index in [0.717, 1.165) is 35.7 Å². The molecule has 2 nitrogen and oxygen atoms in total. The van der Waals surface area contributed by atoms with Crippen LogP contribution in [-0.2, 0) is 0 Å². The molecule has 1 N–H and O–H groups in total. The van der Waals surface area contributed by atoms with Crippen LogP contribution in [0, 0.1) is 5.92 Å². The van der Waals surface area contributed by atoms with E-state index in [9.17, 15) is 5.11 Å². The van der Waals surface area contributed by atoms with E-state index in [2.05, 4.69) is 18.8 Å². The Morgan fingerprint density at radius 2 is 1.89 bits per heavy atom. The SMILES string of the molecule is CC(C)CCCC(O)c1cccc2cccnc12. The Labute approximate surface area is 109 Å². The molecule has 2 heteroatoms. The second kappa shape index (κ2) is 5.96. The molecule has 0 spiro atoms. The van der Waals surface area contributed by atoms with Crippen LogP contribution in [0.5, 0.6) is 0 Å². The number of hydrogen-bond donors (Lipinski definition) is 1.